The van der Waals surface area contributed by atoms with Gasteiger partial charge in [-0.1, -0.05) is 6.42 Å². The number of amides is 1. The fourth-order valence-corrected chi connectivity index (χ4v) is 4.27. The Balaban J connectivity index is 1.34. The molecule has 1 unspecified atom stereocenters. The SMILES string of the molecule is O=C(C1CCNC1)N1CCC(c2nccn2CC2CCC2)CC1. The second kappa shape index (κ2) is 6.63. The minimum atomic E-state index is 0.215. The van der Waals surface area contributed by atoms with Crippen molar-refractivity contribution >= 4 is 5.91 Å². The number of imidazole rings is 1. The summed E-state index contributed by atoms with van der Waals surface area (Å²) < 4.78 is 2.38. The van der Waals surface area contributed by atoms with Gasteiger partial charge < -0.3 is 14.8 Å². The summed E-state index contributed by atoms with van der Waals surface area (Å²) in [7, 11) is 0. The largest absolute Gasteiger partial charge is 0.342 e. The summed E-state index contributed by atoms with van der Waals surface area (Å²) in [6, 6.07) is 0. The summed E-state index contributed by atoms with van der Waals surface area (Å²) in [5.74, 6) is 3.22. The third-order valence-electron chi connectivity index (χ3n) is 6.01. The Morgan fingerprint density at radius 3 is 2.70 bits per heavy atom. The van der Waals surface area contributed by atoms with Crippen LogP contribution in [0.4, 0.5) is 0 Å². The van der Waals surface area contributed by atoms with Crippen molar-refractivity contribution in [1.82, 2.24) is 19.8 Å². The van der Waals surface area contributed by atoms with Crippen molar-refractivity contribution in [2.24, 2.45) is 11.8 Å². The molecule has 3 fully saturated rings. The van der Waals surface area contributed by atoms with Gasteiger partial charge in [0.15, 0.2) is 0 Å². The predicted octanol–water partition coefficient (Wildman–Crippen LogP) is 2.00. The quantitative estimate of drug-likeness (QED) is 0.924. The molecule has 5 heteroatoms. The summed E-state index contributed by atoms with van der Waals surface area (Å²) in [5, 5.41) is 3.30. The van der Waals surface area contributed by atoms with Crippen molar-refractivity contribution in [3.63, 3.8) is 0 Å². The van der Waals surface area contributed by atoms with Crippen LogP contribution in [0.5, 0.6) is 0 Å². The van der Waals surface area contributed by atoms with E-state index in [1.165, 1.54) is 25.1 Å². The molecule has 1 aromatic rings. The van der Waals surface area contributed by atoms with Gasteiger partial charge in [-0.3, -0.25) is 4.79 Å². The molecule has 1 aliphatic carbocycles. The van der Waals surface area contributed by atoms with Crippen LogP contribution in [0.1, 0.15) is 50.3 Å². The smallest absolute Gasteiger partial charge is 0.227 e. The molecule has 1 aromatic heterocycles. The number of aromatic nitrogens is 2. The van der Waals surface area contributed by atoms with E-state index in [9.17, 15) is 4.79 Å². The Bertz CT molecular complexity index is 537. The average molecular weight is 316 g/mol. The highest BCUT2D eigenvalue weighted by atomic mass is 16.2. The molecule has 4 rings (SSSR count). The van der Waals surface area contributed by atoms with Crippen LogP contribution in [0.25, 0.3) is 0 Å². The summed E-state index contributed by atoms with van der Waals surface area (Å²) in [6.45, 7) is 4.80. The first kappa shape index (κ1) is 15.2. The highest BCUT2D eigenvalue weighted by Crippen LogP contribution is 2.32. The molecule has 126 valence electrons. The van der Waals surface area contributed by atoms with Crippen LogP contribution < -0.4 is 5.32 Å². The van der Waals surface area contributed by atoms with Gasteiger partial charge in [0, 0.05) is 44.5 Å². The van der Waals surface area contributed by atoms with E-state index in [0.717, 1.165) is 57.9 Å². The molecule has 23 heavy (non-hydrogen) atoms. The van der Waals surface area contributed by atoms with Crippen molar-refractivity contribution in [3.05, 3.63) is 18.2 Å². The van der Waals surface area contributed by atoms with E-state index in [2.05, 4.69) is 26.0 Å². The maximum atomic E-state index is 12.5. The van der Waals surface area contributed by atoms with Gasteiger partial charge in [0.25, 0.3) is 0 Å². The Kier molecular flexibility index (Phi) is 4.38. The lowest BCUT2D eigenvalue weighted by atomic mass is 9.85. The van der Waals surface area contributed by atoms with Crippen LogP contribution in [0, 0.1) is 11.8 Å². The van der Waals surface area contributed by atoms with Gasteiger partial charge in [-0.15, -0.1) is 0 Å². The number of rotatable bonds is 4. The van der Waals surface area contributed by atoms with E-state index in [-0.39, 0.29) is 5.92 Å². The fraction of sp³-hybridized carbons (Fsp3) is 0.778. The average Bonchev–Trinajstić information content (AvgIpc) is 3.22. The van der Waals surface area contributed by atoms with Gasteiger partial charge in [0.1, 0.15) is 5.82 Å². The van der Waals surface area contributed by atoms with Gasteiger partial charge in [-0.2, -0.15) is 0 Å². The van der Waals surface area contributed by atoms with Crippen LogP contribution >= 0.6 is 0 Å². The monoisotopic (exact) mass is 316 g/mol. The van der Waals surface area contributed by atoms with E-state index in [1.807, 2.05) is 6.20 Å². The predicted molar refractivity (Wildman–Crippen MR) is 89.1 cm³/mol. The lowest BCUT2D eigenvalue weighted by Crippen LogP contribution is -2.42. The fourth-order valence-electron chi connectivity index (χ4n) is 4.27. The number of carbonyl (C=O) groups is 1. The minimum Gasteiger partial charge on any atom is -0.342 e. The van der Waals surface area contributed by atoms with Gasteiger partial charge in [0.05, 0.1) is 5.92 Å². The van der Waals surface area contributed by atoms with Crippen LogP contribution in [-0.4, -0.2) is 46.5 Å². The molecular weight excluding hydrogens is 288 g/mol. The molecule has 1 amide bonds. The second-order valence-electron chi connectivity index (χ2n) is 7.52. The highest BCUT2D eigenvalue weighted by Gasteiger charge is 2.31. The first-order valence-corrected chi connectivity index (χ1v) is 9.32. The van der Waals surface area contributed by atoms with Crippen LogP contribution in [0.15, 0.2) is 12.4 Å². The first-order chi connectivity index (χ1) is 11.3. The van der Waals surface area contributed by atoms with Crippen molar-refractivity contribution in [1.29, 1.82) is 0 Å². The molecule has 0 bridgehead atoms. The number of carbonyl (C=O) groups excluding carboxylic acids is 1. The molecule has 2 saturated heterocycles. The van der Waals surface area contributed by atoms with Crippen LogP contribution in [0.3, 0.4) is 0 Å². The zero-order valence-electron chi connectivity index (χ0n) is 13.9. The molecule has 3 heterocycles. The number of likely N-dealkylation sites (tertiary alicyclic amines) is 1. The van der Waals surface area contributed by atoms with Crippen molar-refractivity contribution in [3.8, 4) is 0 Å². The van der Waals surface area contributed by atoms with Crippen molar-refractivity contribution in [2.75, 3.05) is 26.2 Å². The summed E-state index contributed by atoms with van der Waals surface area (Å²) in [4.78, 5) is 19.3. The molecule has 0 aromatic carbocycles. The number of nitrogens with one attached hydrogen (secondary N) is 1. The van der Waals surface area contributed by atoms with Crippen molar-refractivity contribution < 1.29 is 4.79 Å². The lowest BCUT2D eigenvalue weighted by Gasteiger charge is -2.34. The number of hydrogen-bond acceptors (Lipinski definition) is 3. The van der Waals surface area contributed by atoms with Crippen LogP contribution in [-0.2, 0) is 11.3 Å². The topological polar surface area (TPSA) is 50.2 Å². The molecule has 0 radical (unpaired) electrons. The molecule has 1 N–H and O–H groups in total. The van der Waals surface area contributed by atoms with Crippen LogP contribution in [0.2, 0.25) is 0 Å². The number of nitrogens with zero attached hydrogens (tertiary/aromatic N) is 3. The van der Waals surface area contributed by atoms with E-state index in [1.54, 1.807) is 0 Å². The molecule has 2 aliphatic heterocycles. The molecule has 0 spiro atoms. The maximum absolute atomic E-state index is 12.5. The van der Waals surface area contributed by atoms with E-state index in [0.29, 0.717) is 11.8 Å². The standard InChI is InChI=1S/C18H28N4O/c23-18(16-4-7-19-12-16)21-9-5-15(6-10-21)17-20-8-11-22(17)13-14-2-1-3-14/h8,11,14-16,19H,1-7,9-10,12-13H2. The number of hydrogen-bond donors (Lipinski definition) is 1. The maximum Gasteiger partial charge on any atom is 0.227 e. The minimum absolute atomic E-state index is 0.215. The molecular formula is C18H28N4O. The number of piperidine rings is 1. The van der Waals surface area contributed by atoms with Crippen molar-refractivity contribution in [2.45, 2.75) is 51.0 Å². The molecule has 1 atom stereocenters. The third-order valence-corrected chi connectivity index (χ3v) is 6.01. The third kappa shape index (κ3) is 3.16. The zero-order chi connectivity index (χ0) is 15.6. The highest BCUT2D eigenvalue weighted by molar-refractivity contribution is 5.79. The zero-order valence-corrected chi connectivity index (χ0v) is 13.9. The van der Waals surface area contributed by atoms with E-state index in [4.69, 9.17) is 0 Å². The van der Waals surface area contributed by atoms with E-state index < -0.39 is 0 Å². The second-order valence-corrected chi connectivity index (χ2v) is 7.52. The summed E-state index contributed by atoms with van der Waals surface area (Å²) in [6.07, 6.45) is 11.4. The van der Waals surface area contributed by atoms with Gasteiger partial charge in [-0.25, -0.2) is 4.98 Å². The summed E-state index contributed by atoms with van der Waals surface area (Å²) >= 11 is 0. The molecule has 5 nitrogen and oxygen atoms in total. The van der Waals surface area contributed by atoms with Gasteiger partial charge in [0.2, 0.25) is 5.91 Å². The van der Waals surface area contributed by atoms with Gasteiger partial charge in [-0.05, 0) is 44.6 Å². The summed E-state index contributed by atoms with van der Waals surface area (Å²) in [5.41, 5.74) is 0. The first-order valence-electron chi connectivity index (χ1n) is 9.32. The Morgan fingerprint density at radius 2 is 2.04 bits per heavy atom. The Morgan fingerprint density at radius 1 is 1.22 bits per heavy atom. The Hall–Kier alpha value is -1.36. The molecule has 1 saturated carbocycles. The molecule has 3 aliphatic rings. The normalized spacial score (nSPS) is 26.4. The lowest BCUT2D eigenvalue weighted by molar-refractivity contribution is -0.136. The van der Waals surface area contributed by atoms with E-state index >= 15 is 0 Å². The Labute approximate surface area is 138 Å². The van der Waals surface area contributed by atoms with Gasteiger partial charge >= 0.3 is 0 Å².